The predicted octanol–water partition coefficient (Wildman–Crippen LogP) is 4.00. The van der Waals surface area contributed by atoms with Crippen molar-refractivity contribution in [3.05, 3.63) is 23.3 Å². The van der Waals surface area contributed by atoms with Crippen molar-refractivity contribution in [2.24, 2.45) is 10.8 Å². The van der Waals surface area contributed by atoms with E-state index < -0.39 is 39.9 Å². The van der Waals surface area contributed by atoms with Gasteiger partial charge in [-0.15, -0.1) is 0 Å². The van der Waals surface area contributed by atoms with Gasteiger partial charge in [-0.1, -0.05) is 13.0 Å². The maximum Gasteiger partial charge on any atom is 0.341 e. The first-order valence-corrected chi connectivity index (χ1v) is 12.5. The van der Waals surface area contributed by atoms with Crippen LogP contribution in [0.1, 0.15) is 81.1 Å². The van der Waals surface area contributed by atoms with Crippen molar-refractivity contribution < 1.29 is 48.0 Å². The molecule has 0 radical (unpaired) electrons. The van der Waals surface area contributed by atoms with Gasteiger partial charge < -0.3 is 14.2 Å². The minimum absolute atomic E-state index is 0.0610. The molecule has 10 heteroatoms. The van der Waals surface area contributed by atoms with Gasteiger partial charge in [0, 0.05) is 18.3 Å². The third-order valence-corrected chi connectivity index (χ3v) is 5.75. The molecule has 0 fully saturated rings. The van der Waals surface area contributed by atoms with Crippen molar-refractivity contribution in [2.45, 2.75) is 92.3 Å². The summed E-state index contributed by atoms with van der Waals surface area (Å²) in [5, 5.41) is 0. The SMILES string of the molecule is COC(=O)[C@]1(C)C=C(C(=O)OC(C)(C)C)C(=O)CC1.COOC[C@@]1(C)C=C(C(=O)OC(C)(C)C)C(=O)CC1. The molecule has 0 aromatic rings. The number of ether oxygens (including phenoxy) is 3. The lowest BCUT2D eigenvalue weighted by Gasteiger charge is -2.30. The third kappa shape index (κ3) is 10.1. The fourth-order valence-electron chi connectivity index (χ4n) is 3.73. The Morgan fingerprint density at radius 1 is 0.789 bits per heavy atom. The molecule has 10 nitrogen and oxygen atoms in total. The highest BCUT2D eigenvalue weighted by Gasteiger charge is 2.40. The van der Waals surface area contributed by atoms with Gasteiger partial charge in [0.05, 0.1) is 37.4 Å². The number of carbonyl (C=O) groups is 5. The molecule has 0 amide bonds. The van der Waals surface area contributed by atoms with Crippen LogP contribution >= 0.6 is 0 Å². The first-order chi connectivity index (χ1) is 17.3. The van der Waals surface area contributed by atoms with E-state index in [1.165, 1.54) is 20.3 Å². The molecular weight excluding hydrogens is 496 g/mol. The third-order valence-electron chi connectivity index (χ3n) is 5.75. The molecule has 0 aromatic heterocycles. The summed E-state index contributed by atoms with van der Waals surface area (Å²) in [7, 11) is 2.71. The molecule has 0 aromatic carbocycles. The number of rotatable bonds is 6. The summed E-state index contributed by atoms with van der Waals surface area (Å²) in [4.78, 5) is 68.8. The van der Waals surface area contributed by atoms with Crippen LogP contribution in [-0.2, 0) is 48.0 Å². The molecule has 0 heterocycles. The molecule has 38 heavy (non-hydrogen) atoms. The van der Waals surface area contributed by atoms with Crippen LogP contribution < -0.4 is 0 Å². The van der Waals surface area contributed by atoms with E-state index in [-0.39, 0.29) is 29.1 Å². The van der Waals surface area contributed by atoms with E-state index >= 15 is 0 Å². The summed E-state index contributed by atoms with van der Waals surface area (Å²) >= 11 is 0. The summed E-state index contributed by atoms with van der Waals surface area (Å²) in [6, 6.07) is 0. The van der Waals surface area contributed by atoms with Gasteiger partial charge in [0.1, 0.15) is 11.2 Å². The molecule has 2 atom stereocenters. The van der Waals surface area contributed by atoms with Crippen LogP contribution in [0.5, 0.6) is 0 Å². The molecule has 0 spiro atoms. The van der Waals surface area contributed by atoms with Gasteiger partial charge in [0.2, 0.25) is 0 Å². The lowest BCUT2D eigenvalue weighted by molar-refractivity contribution is -0.285. The zero-order chi connectivity index (χ0) is 29.5. The average molecular weight is 539 g/mol. The number of carbonyl (C=O) groups excluding carboxylic acids is 5. The van der Waals surface area contributed by atoms with Crippen molar-refractivity contribution >= 4 is 29.5 Å². The summed E-state index contributed by atoms with van der Waals surface area (Å²) in [5.41, 5.74) is -2.59. The number of methoxy groups -OCH3 is 1. The number of esters is 3. The van der Waals surface area contributed by atoms with E-state index in [1.54, 1.807) is 54.5 Å². The van der Waals surface area contributed by atoms with Gasteiger partial charge in [-0.05, 0) is 67.4 Å². The molecule has 0 saturated carbocycles. The van der Waals surface area contributed by atoms with Gasteiger partial charge in [-0.25, -0.2) is 19.4 Å². The highest BCUT2D eigenvalue weighted by Crippen LogP contribution is 2.35. The zero-order valence-corrected chi connectivity index (χ0v) is 24.3. The Morgan fingerprint density at radius 3 is 1.66 bits per heavy atom. The van der Waals surface area contributed by atoms with Crippen molar-refractivity contribution in [1.29, 1.82) is 0 Å². The minimum Gasteiger partial charge on any atom is -0.468 e. The Kier molecular flexibility index (Phi) is 11.2. The van der Waals surface area contributed by atoms with Gasteiger partial charge in [-0.2, -0.15) is 0 Å². The molecule has 2 aliphatic rings. The number of hydrogen-bond acceptors (Lipinski definition) is 10. The first kappa shape index (κ1) is 33.2. The lowest BCUT2D eigenvalue weighted by Crippen LogP contribution is -2.35. The Bertz CT molecular complexity index is 992. The molecule has 0 N–H and O–H groups in total. The highest BCUT2D eigenvalue weighted by atomic mass is 17.2. The van der Waals surface area contributed by atoms with Crippen LogP contribution in [0, 0.1) is 10.8 Å². The van der Waals surface area contributed by atoms with Crippen molar-refractivity contribution in [2.75, 3.05) is 20.8 Å². The smallest absolute Gasteiger partial charge is 0.341 e. The van der Waals surface area contributed by atoms with E-state index in [0.29, 0.717) is 25.9 Å². The number of Topliss-reactive ketones (excluding diaryl/α,β-unsaturated/α-hetero) is 2. The monoisotopic (exact) mass is 538 g/mol. The van der Waals surface area contributed by atoms with Gasteiger partial charge in [-0.3, -0.25) is 14.4 Å². The maximum atomic E-state index is 12.0. The second-order valence-corrected chi connectivity index (χ2v) is 12.0. The summed E-state index contributed by atoms with van der Waals surface area (Å²) in [5.74, 6) is -2.19. The second-order valence-electron chi connectivity index (χ2n) is 12.0. The van der Waals surface area contributed by atoms with Crippen LogP contribution in [0.3, 0.4) is 0 Å². The molecule has 2 rings (SSSR count). The minimum atomic E-state index is -0.950. The van der Waals surface area contributed by atoms with E-state index in [1.807, 2.05) is 6.92 Å². The lowest BCUT2D eigenvalue weighted by atomic mass is 9.77. The Hall–Kier alpha value is -2.85. The van der Waals surface area contributed by atoms with Crippen LogP contribution in [0.2, 0.25) is 0 Å². The quantitative estimate of drug-likeness (QED) is 0.161. The average Bonchev–Trinajstić information content (AvgIpc) is 2.79. The zero-order valence-electron chi connectivity index (χ0n) is 24.3. The topological polar surface area (TPSA) is 132 Å². The fraction of sp³-hybridized carbons (Fsp3) is 0.679. The highest BCUT2D eigenvalue weighted by molar-refractivity contribution is 6.19. The summed E-state index contributed by atoms with van der Waals surface area (Å²) < 4.78 is 15.1. The van der Waals surface area contributed by atoms with Crippen LogP contribution in [0.4, 0.5) is 0 Å². The van der Waals surface area contributed by atoms with Crippen molar-refractivity contribution in [1.82, 2.24) is 0 Å². The Balaban J connectivity index is 0.000000380. The van der Waals surface area contributed by atoms with E-state index in [0.717, 1.165) is 0 Å². The van der Waals surface area contributed by atoms with Crippen LogP contribution in [-0.4, -0.2) is 61.5 Å². The number of hydrogen-bond donors (Lipinski definition) is 0. The molecule has 0 unspecified atom stereocenters. The van der Waals surface area contributed by atoms with Gasteiger partial charge in [0.25, 0.3) is 0 Å². The predicted molar refractivity (Wildman–Crippen MR) is 138 cm³/mol. The second kappa shape index (κ2) is 12.8. The summed E-state index contributed by atoms with van der Waals surface area (Å²) in [6.45, 7) is 14.3. The van der Waals surface area contributed by atoms with E-state index in [4.69, 9.17) is 19.1 Å². The van der Waals surface area contributed by atoms with Gasteiger partial charge >= 0.3 is 17.9 Å². The Labute approximate surface area is 225 Å². The van der Waals surface area contributed by atoms with Crippen LogP contribution in [0.15, 0.2) is 23.3 Å². The Morgan fingerprint density at radius 2 is 1.24 bits per heavy atom. The maximum absolute atomic E-state index is 12.0. The first-order valence-electron chi connectivity index (χ1n) is 12.5. The largest absolute Gasteiger partial charge is 0.468 e. The molecule has 2 aliphatic carbocycles. The molecule has 214 valence electrons. The van der Waals surface area contributed by atoms with Crippen LogP contribution in [0.25, 0.3) is 0 Å². The van der Waals surface area contributed by atoms with Gasteiger partial charge in [0.15, 0.2) is 11.6 Å². The van der Waals surface area contributed by atoms with E-state index in [9.17, 15) is 24.0 Å². The van der Waals surface area contributed by atoms with Crippen molar-refractivity contribution in [3.63, 3.8) is 0 Å². The normalized spacial score (nSPS) is 23.8. The molecule has 0 aliphatic heterocycles. The summed E-state index contributed by atoms with van der Waals surface area (Å²) in [6.07, 6.45) is 4.43. The van der Waals surface area contributed by atoms with Crippen molar-refractivity contribution in [3.8, 4) is 0 Å². The molecule has 0 saturated heterocycles. The number of ketones is 2. The fourth-order valence-corrected chi connectivity index (χ4v) is 3.73. The molecule has 0 bridgehead atoms. The standard InChI is InChI=1S/C14H22O5.C14H20O5/c1-13(2,3)19-12(16)10-8-14(4,9-18-17-5)7-6-11(10)15;1-13(2,3)19-11(16)9-8-14(4,12(17)18-5)7-6-10(9)15/h8H,6-7,9H2,1-5H3;8H,6-7H2,1-5H3/t2*14-/m10/s1. The molecular formula is C28H42O10. The van der Waals surface area contributed by atoms with E-state index in [2.05, 4.69) is 4.89 Å².